The molecule has 1 aliphatic rings. The number of hydrogen-bond acceptors (Lipinski definition) is 5. The Morgan fingerprint density at radius 3 is 2.40 bits per heavy atom. The van der Waals surface area contributed by atoms with Crippen LogP contribution in [-0.4, -0.2) is 46.0 Å². The zero-order valence-corrected chi connectivity index (χ0v) is 17.4. The molecule has 1 aliphatic heterocycles. The first-order valence-corrected chi connectivity index (χ1v) is 9.78. The Morgan fingerprint density at radius 2 is 1.83 bits per heavy atom. The van der Waals surface area contributed by atoms with E-state index in [1.807, 2.05) is 30.9 Å². The van der Waals surface area contributed by atoms with Gasteiger partial charge in [-0.15, -0.1) is 0 Å². The summed E-state index contributed by atoms with van der Waals surface area (Å²) in [6, 6.07) is 6.63. The minimum Gasteiger partial charge on any atom is -0.362 e. The summed E-state index contributed by atoms with van der Waals surface area (Å²) in [5, 5.41) is 11.3. The summed E-state index contributed by atoms with van der Waals surface area (Å²) in [5.74, 6) is 0. The molecule has 0 radical (unpaired) electrons. The molecule has 2 heterocycles. The molecule has 0 unspecified atom stereocenters. The van der Waals surface area contributed by atoms with Crippen LogP contribution in [-0.2, 0) is 12.6 Å². The molecule has 1 aromatic heterocycles. The third-order valence-electron chi connectivity index (χ3n) is 4.96. The molecule has 0 saturated carbocycles. The Hall–Kier alpha value is -2.75. The first-order valence-electron chi connectivity index (χ1n) is 9.37. The topological polar surface area (TPSA) is 62.5 Å². The molecule has 6 nitrogen and oxygen atoms in total. The molecule has 0 spiro atoms. The number of nitro benzene ring substituents is 1. The average molecular weight is 438 g/mol. The van der Waals surface area contributed by atoms with Crippen molar-refractivity contribution in [2.45, 2.75) is 26.4 Å². The molecule has 30 heavy (non-hydrogen) atoms. The van der Waals surface area contributed by atoms with Crippen molar-refractivity contribution in [3.8, 4) is 0 Å². The zero-order valence-electron chi connectivity index (χ0n) is 16.6. The second-order valence-corrected chi connectivity index (χ2v) is 7.75. The maximum absolute atomic E-state index is 12.9. The number of nitro groups is 1. The molecular formula is C20H21F3N4O2S. The fourth-order valence-corrected chi connectivity index (χ4v) is 3.92. The number of alkyl halides is 3. The van der Waals surface area contributed by atoms with Gasteiger partial charge in [-0.1, -0.05) is 12.2 Å². The number of nitrogens with zero attached hydrogens (tertiary/aromatic N) is 4. The molecule has 0 amide bonds. The molecule has 0 N–H and O–H groups in total. The monoisotopic (exact) mass is 438 g/mol. The van der Waals surface area contributed by atoms with E-state index >= 15 is 0 Å². The van der Waals surface area contributed by atoms with Crippen molar-refractivity contribution in [1.29, 1.82) is 0 Å². The molecule has 1 fully saturated rings. The summed E-state index contributed by atoms with van der Waals surface area (Å²) in [4.78, 5) is 19.6. The standard InChI is InChI=1S/C20H21F3N4O2S/c1-13-9-14(2)24-16(10-13)12-19(30)26-7-5-25(6-8-26)17-4-3-15(20(21,22)23)11-18(17)27(28)29/h3-4,9-11H,5-8,12H2,1-2H3. The van der Waals surface area contributed by atoms with Gasteiger partial charge in [0.05, 0.1) is 15.5 Å². The van der Waals surface area contributed by atoms with Crippen LogP contribution in [0, 0.1) is 24.0 Å². The van der Waals surface area contributed by atoms with E-state index in [0.717, 1.165) is 28.0 Å². The van der Waals surface area contributed by atoms with E-state index in [9.17, 15) is 23.3 Å². The van der Waals surface area contributed by atoms with E-state index < -0.39 is 22.4 Å². The van der Waals surface area contributed by atoms with Gasteiger partial charge in [0.1, 0.15) is 5.69 Å². The molecule has 160 valence electrons. The van der Waals surface area contributed by atoms with Crippen LogP contribution in [0.3, 0.4) is 0 Å². The highest BCUT2D eigenvalue weighted by Gasteiger charge is 2.34. The van der Waals surface area contributed by atoms with Crippen LogP contribution in [0.2, 0.25) is 0 Å². The molecular weight excluding hydrogens is 417 g/mol. The predicted molar refractivity (Wildman–Crippen MR) is 112 cm³/mol. The number of halogens is 3. The first-order chi connectivity index (χ1) is 14.0. The zero-order chi connectivity index (χ0) is 22.1. The van der Waals surface area contributed by atoms with Crippen LogP contribution in [0.15, 0.2) is 30.3 Å². The number of anilines is 1. The van der Waals surface area contributed by atoms with Crippen molar-refractivity contribution in [2.75, 3.05) is 31.1 Å². The van der Waals surface area contributed by atoms with Crippen molar-refractivity contribution in [2.24, 2.45) is 0 Å². The highest BCUT2D eigenvalue weighted by Crippen LogP contribution is 2.36. The molecule has 3 rings (SSSR count). The smallest absolute Gasteiger partial charge is 0.362 e. The summed E-state index contributed by atoms with van der Waals surface area (Å²) in [5.41, 5.74) is 1.54. The Balaban J connectivity index is 1.69. The van der Waals surface area contributed by atoms with E-state index in [1.54, 1.807) is 4.90 Å². The number of rotatable bonds is 4. The van der Waals surface area contributed by atoms with Crippen molar-refractivity contribution in [3.05, 3.63) is 63.0 Å². The Bertz CT molecular complexity index is 953. The van der Waals surface area contributed by atoms with Gasteiger partial charge in [0, 0.05) is 50.1 Å². The van der Waals surface area contributed by atoms with Crippen LogP contribution >= 0.6 is 12.2 Å². The van der Waals surface area contributed by atoms with Gasteiger partial charge in [0.2, 0.25) is 0 Å². The second kappa shape index (κ2) is 8.55. The number of benzene rings is 1. The summed E-state index contributed by atoms with van der Waals surface area (Å²) in [6.07, 6.45) is -4.10. The number of aryl methyl sites for hydroxylation is 2. The maximum Gasteiger partial charge on any atom is 0.416 e. The second-order valence-electron chi connectivity index (χ2n) is 7.28. The van der Waals surface area contributed by atoms with Crippen LogP contribution in [0.1, 0.15) is 22.5 Å². The first kappa shape index (κ1) is 21.9. The summed E-state index contributed by atoms with van der Waals surface area (Å²) < 4.78 is 38.7. The maximum atomic E-state index is 12.9. The Kier molecular flexibility index (Phi) is 6.25. The number of thiocarbonyl (C=S) groups is 1. The SMILES string of the molecule is Cc1cc(C)nc(CC(=S)N2CCN(c3ccc(C(F)(F)F)cc3[N+](=O)[O-])CC2)c1. The Labute approximate surface area is 177 Å². The molecule has 0 bridgehead atoms. The minimum absolute atomic E-state index is 0.189. The highest BCUT2D eigenvalue weighted by atomic mass is 32.1. The van der Waals surface area contributed by atoms with E-state index in [1.165, 1.54) is 6.07 Å². The van der Waals surface area contributed by atoms with Crippen molar-refractivity contribution >= 4 is 28.6 Å². The molecule has 1 aromatic carbocycles. The number of aromatic nitrogens is 1. The van der Waals surface area contributed by atoms with Gasteiger partial charge in [-0.05, 0) is 43.7 Å². The van der Waals surface area contributed by atoms with Gasteiger partial charge in [-0.25, -0.2) is 0 Å². The molecule has 0 atom stereocenters. The van der Waals surface area contributed by atoms with Gasteiger partial charge >= 0.3 is 6.18 Å². The van der Waals surface area contributed by atoms with Crippen LogP contribution in [0.25, 0.3) is 0 Å². The van der Waals surface area contributed by atoms with E-state index in [2.05, 4.69) is 4.98 Å². The average Bonchev–Trinajstić information content (AvgIpc) is 2.66. The number of piperazine rings is 1. The molecule has 0 aliphatic carbocycles. The lowest BCUT2D eigenvalue weighted by Crippen LogP contribution is -2.49. The van der Waals surface area contributed by atoms with Crippen LogP contribution in [0.4, 0.5) is 24.5 Å². The van der Waals surface area contributed by atoms with E-state index in [-0.39, 0.29) is 5.69 Å². The highest BCUT2D eigenvalue weighted by molar-refractivity contribution is 7.80. The molecule has 2 aromatic rings. The third kappa shape index (κ3) is 5.05. The minimum atomic E-state index is -4.63. The number of pyridine rings is 1. The molecule has 10 heteroatoms. The largest absolute Gasteiger partial charge is 0.416 e. The van der Waals surface area contributed by atoms with Gasteiger partial charge in [0.25, 0.3) is 5.69 Å². The summed E-state index contributed by atoms with van der Waals surface area (Å²) in [6.45, 7) is 5.83. The third-order valence-corrected chi connectivity index (χ3v) is 5.36. The number of hydrogen-bond donors (Lipinski definition) is 0. The van der Waals surface area contributed by atoms with Crippen molar-refractivity contribution in [3.63, 3.8) is 0 Å². The Morgan fingerprint density at radius 1 is 1.17 bits per heavy atom. The van der Waals surface area contributed by atoms with E-state index in [0.29, 0.717) is 38.7 Å². The van der Waals surface area contributed by atoms with Crippen LogP contribution < -0.4 is 4.90 Å². The van der Waals surface area contributed by atoms with Crippen LogP contribution in [0.5, 0.6) is 0 Å². The van der Waals surface area contributed by atoms with E-state index in [4.69, 9.17) is 12.2 Å². The quantitative estimate of drug-likeness (QED) is 0.403. The predicted octanol–water partition coefficient (Wildman–Crippen LogP) is 4.32. The van der Waals surface area contributed by atoms with Crippen molar-refractivity contribution < 1.29 is 18.1 Å². The van der Waals surface area contributed by atoms with Gasteiger partial charge in [-0.2, -0.15) is 13.2 Å². The lowest BCUT2D eigenvalue weighted by molar-refractivity contribution is -0.384. The fourth-order valence-electron chi connectivity index (χ4n) is 3.59. The van der Waals surface area contributed by atoms with Gasteiger partial charge in [-0.3, -0.25) is 15.1 Å². The molecule has 1 saturated heterocycles. The van der Waals surface area contributed by atoms with Crippen molar-refractivity contribution in [1.82, 2.24) is 9.88 Å². The summed E-state index contributed by atoms with van der Waals surface area (Å²) in [7, 11) is 0. The normalized spacial score (nSPS) is 14.7. The lowest BCUT2D eigenvalue weighted by Gasteiger charge is -2.37. The summed E-state index contributed by atoms with van der Waals surface area (Å²) >= 11 is 5.56. The van der Waals surface area contributed by atoms with Gasteiger partial charge < -0.3 is 9.80 Å². The lowest BCUT2D eigenvalue weighted by atomic mass is 10.1. The van der Waals surface area contributed by atoms with Gasteiger partial charge in [0.15, 0.2) is 0 Å². The fraction of sp³-hybridized carbons (Fsp3) is 0.400.